The zero-order valence-electron chi connectivity index (χ0n) is 14.4. The Hall–Kier alpha value is -1.82. The summed E-state index contributed by atoms with van der Waals surface area (Å²) in [6, 6.07) is 8.51. The second-order valence-corrected chi connectivity index (χ2v) is 7.33. The summed E-state index contributed by atoms with van der Waals surface area (Å²) in [4.78, 5) is 14.5. The molecular formula is C18H23N3O2S. The Labute approximate surface area is 146 Å². The predicted molar refractivity (Wildman–Crippen MR) is 94.8 cm³/mol. The van der Waals surface area contributed by atoms with Crippen LogP contribution < -0.4 is 0 Å². The Bertz CT molecular complexity index is 706. The number of hydrogen-bond donors (Lipinski definition) is 0. The van der Waals surface area contributed by atoms with Crippen LogP contribution in [0.1, 0.15) is 38.7 Å². The molecule has 6 heteroatoms. The van der Waals surface area contributed by atoms with Crippen molar-refractivity contribution in [3.8, 4) is 11.5 Å². The number of thioether (sulfide) groups is 1. The number of carbonyl (C=O) groups excluding carboxylic acids is 1. The Morgan fingerprint density at radius 3 is 2.67 bits per heavy atom. The van der Waals surface area contributed by atoms with Gasteiger partial charge in [-0.2, -0.15) is 0 Å². The fourth-order valence-electron chi connectivity index (χ4n) is 3.30. The first kappa shape index (κ1) is 17.0. The minimum Gasteiger partial charge on any atom is -0.411 e. The van der Waals surface area contributed by atoms with Crippen LogP contribution in [0.3, 0.4) is 0 Å². The van der Waals surface area contributed by atoms with Gasteiger partial charge in [0.2, 0.25) is 11.8 Å². The smallest absolute Gasteiger partial charge is 0.277 e. The maximum absolute atomic E-state index is 12.5. The first-order valence-electron chi connectivity index (χ1n) is 8.39. The predicted octanol–water partition coefficient (Wildman–Crippen LogP) is 3.93. The van der Waals surface area contributed by atoms with Crippen LogP contribution in [0.15, 0.2) is 33.9 Å². The molecule has 1 amide bonds. The van der Waals surface area contributed by atoms with Crippen molar-refractivity contribution in [3.63, 3.8) is 0 Å². The number of aromatic nitrogens is 2. The fourth-order valence-corrected chi connectivity index (χ4v) is 3.93. The van der Waals surface area contributed by atoms with Crippen molar-refractivity contribution >= 4 is 17.7 Å². The number of amides is 1. The van der Waals surface area contributed by atoms with Gasteiger partial charge in [0.05, 0.1) is 5.75 Å². The monoisotopic (exact) mass is 345 g/mol. The summed E-state index contributed by atoms with van der Waals surface area (Å²) in [7, 11) is 0. The standard InChI is InChI=1S/C18H23N3O2S/c1-12-7-4-5-10-15(12)17-19-20-18(23-17)24-11-16(22)21-13(2)8-6-9-14(21)3/h4-5,7,10,13-14H,6,8-9,11H2,1-3H3/t13-,14+. The van der Waals surface area contributed by atoms with Gasteiger partial charge in [0.15, 0.2) is 0 Å². The van der Waals surface area contributed by atoms with E-state index in [1.165, 1.54) is 18.2 Å². The van der Waals surface area contributed by atoms with E-state index in [2.05, 4.69) is 24.0 Å². The van der Waals surface area contributed by atoms with Crippen LogP contribution in [-0.2, 0) is 4.79 Å². The minimum absolute atomic E-state index is 0.148. The van der Waals surface area contributed by atoms with E-state index < -0.39 is 0 Å². The maximum Gasteiger partial charge on any atom is 0.277 e. The van der Waals surface area contributed by atoms with Crippen molar-refractivity contribution in [2.75, 3.05) is 5.75 Å². The molecule has 3 rings (SSSR count). The molecule has 2 aromatic rings. The fraction of sp³-hybridized carbons (Fsp3) is 0.500. The molecule has 128 valence electrons. The molecule has 2 atom stereocenters. The summed E-state index contributed by atoms with van der Waals surface area (Å²) < 4.78 is 5.71. The first-order chi connectivity index (χ1) is 11.6. The molecule has 1 saturated heterocycles. The number of hydrogen-bond acceptors (Lipinski definition) is 5. The van der Waals surface area contributed by atoms with Crippen LogP contribution in [0.5, 0.6) is 0 Å². The lowest BCUT2D eigenvalue weighted by atomic mass is 9.98. The largest absolute Gasteiger partial charge is 0.411 e. The zero-order valence-corrected chi connectivity index (χ0v) is 15.2. The average Bonchev–Trinajstić information content (AvgIpc) is 3.02. The van der Waals surface area contributed by atoms with Crippen molar-refractivity contribution in [1.82, 2.24) is 15.1 Å². The molecule has 2 heterocycles. The molecule has 0 unspecified atom stereocenters. The normalized spacial score (nSPS) is 21.0. The summed E-state index contributed by atoms with van der Waals surface area (Å²) in [5.41, 5.74) is 2.02. The van der Waals surface area contributed by atoms with Gasteiger partial charge in [-0.05, 0) is 51.7 Å². The molecule has 0 spiro atoms. The lowest BCUT2D eigenvalue weighted by Gasteiger charge is -2.39. The van der Waals surface area contributed by atoms with Crippen molar-refractivity contribution in [1.29, 1.82) is 0 Å². The van der Waals surface area contributed by atoms with Gasteiger partial charge in [0, 0.05) is 17.6 Å². The third-order valence-electron chi connectivity index (χ3n) is 4.58. The Kier molecular flexibility index (Phi) is 5.23. The second-order valence-electron chi connectivity index (χ2n) is 6.41. The number of rotatable bonds is 4. The third-order valence-corrected chi connectivity index (χ3v) is 5.39. The highest BCUT2D eigenvalue weighted by Crippen LogP contribution is 2.27. The number of likely N-dealkylation sites (tertiary alicyclic amines) is 1. The molecule has 0 saturated carbocycles. The molecule has 0 aliphatic carbocycles. The lowest BCUT2D eigenvalue weighted by Crippen LogP contribution is -2.48. The number of benzene rings is 1. The maximum atomic E-state index is 12.5. The Morgan fingerprint density at radius 2 is 1.96 bits per heavy atom. The van der Waals surface area contributed by atoms with Gasteiger partial charge in [-0.15, -0.1) is 10.2 Å². The molecule has 24 heavy (non-hydrogen) atoms. The number of nitrogens with zero attached hydrogens (tertiary/aromatic N) is 3. The van der Waals surface area contributed by atoms with Gasteiger partial charge >= 0.3 is 0 Å². The highest BCUT2D eigenvalue weighted by Gasteiger charge is 2.29. The van der Waals surface area contributed by atoms with Gasteiger partial charge in [-0.3, -0.25) is 4.79 Å². The SMILES string of the molecule is Cc1ccccc1-c1nnc(SCC(=O)N2[C@H](C)CCC[C@@H]2C)o1. The minimum atomic E-state index is 0.148. The molecule has 1 aromatic carbocycles. The van der Waals surface area contributed by atoms with Crippen molar-refractivity contribution in [2.45, 2.75) is 57.3 Å². The quantitative estimate of drug-likeness (QED) is 0.786. The van der Waals surface area contributed by atoms with E-state index >= 15 is 0 Å². The topological polar surface area (TPSA) is 59.2 Å². The highest BCUT2D eigenvalue weighted by molar-refractivity contribution is 7.99. The van der Waals surface area contributed by atoms with Gasteiger partial charge < -0.3 is 9.32 Å². The van der Waals surface area contributed by atoms with E-state index in [-0.39, 0.29) is 5.91 Å². The van der Waals surface area contributed by atoms with E-state index in [1.54, 1.807) is 0 Å². The molecule has 1 fully saturated rings. The number of piperidine rings is 1. The van der Waals surface area contributed by atoms with Crippen LogP contribution in [0.4, 0.5) is 0 Å². The summed E-state index contributed by atoms with van der Waals surface area (Å²) in [5, 5.41) is 8.61. The second kappa shape index (κ2) is 7.38. The average molecular weight is 345 g/mol. The van der Waals surface area contributed by atoms with Crippen LogP contribution in [0.25, 0.3) is 11.5 Å². The van der Waals surface area contributed by atoms with Gasteiger partial charge in [0.25, 0.3) is 5.22 Å². The van der Waals surface area contributed by atoms with E-state index in [4.69, 9.17) is 4.42 Å². The zero-order chi connectivity index (χ0) is 17.1. The van der Waals surface area contributed by atoms with E-state index in [1.807, 2.05) is 36.1 Å². The third kappa shape index (κ3) is 3.64. The molecular weight excluding hydrogens is 322 g/mol. The first-order valence-corrected chi connectivity index (χ1v) is 9.38. The summed E-state index contributed by atoms with van der Waals surface area (Å²) in [6.07, 6.45) is 3.36. The summed E-state index contributed by atoms with van der Waals surface area (Å²) in [6.45, 7) is 6.26. The van der Waals surface area contributed by atoms with Gasteiger partial charge in [0.1, 0.15) is 0 Å². The lowest BCUT2D eigenvalue weighted by molar-refractivity contribution is -0.134. The molecule has 0 radical (unpaired) electrons. The summed E-state index contributed by atoms with van der Waals surface area (Å²) >= 11 is 1.32. The molecule has 1 aliphatic rings. The van der Waals surface area contributed by atoms with Crippen molar-refractivity contribution in [2.24, 2.45) is 0 Å². The molecule has 0 N–H and O–H groups in total. The van der Waals surface area contributed by atoms with E-state index in [9.17, 15) is 4.79 Å². The Morgan fingerprint density at radius 1 is 1.25 bits per heavy atom. The van der Waals surface area contributed by atoms with Crippen LogP contribution >= 0.6 is 11.8 Å². The van der Waals surface area contributed by atoms with Crippen LogP contribution in [0.2, 0.25) is 0 Å². The van der Waals surface area contributed by atoms with E-state index in [0.717, 1.165) is 24.0 Å². The van der Waals surface area contributed by atoms with Gasteiger partial charge in [-0.25, -0.2) is 0 Å². The highest BCUT2D eigenvalue weighted by atomic mass is 32.2. The van der Waals surface area contributed by atoms with Crippen LogP contribution in [0, 0.1) is 6.92 Å². The molecule has 0 bridgehead atoms. The number of carbonyl (C=O) groups is 1. The van der Waals surface area contributed by atoms with E-state index in [0.29, 0.717) is 29.0 Å². The Balaban J connectivity index is 1.63. The molecule has 5 nitrogen and oxygen atoms in total. The van der Waals surface area contributed by atoms with Crippen LogP contribution in [-0.4, -0.2) is 38.8 Å². The van der Waals surface area contributed by atoms with Crippen molar-refractivity contribution < 1.29 is 9.21 Å². The number of aryl methyl sites for hydroxylation is 1. The van der Waals surface area contributed by atoms with Gasteiger partial charge in [-0.1, -0.05) is 30.0 Å². The summed E-state index contributed by atoms with van der Waals surface area (Å²) in [5.74, 6) is 0.988. The van der Waals surface area contributed by atoms with Crippen molar-refractivity contribution in [3.05, 3.63) is 29.8 Å². The molecule has 1 aliphatic heterocycles. The molecule has 1 aromatic heterocycles.